The van der Waals surface area contributed by atoms with Gasteiger partial charge in [0.1, 0.15) is 18.3 Å². The number of benzene rings is 1. The molecule has 0 radical (unpaired) electrons. The number of aliphatic hydroxyl groups excluding tert-OH is 1. The van der Waals surface area contributed by atoms with Crippen LogP contribution in [-0.2, 0) is 4.79 Å². The van der Waals surface area contributed by atoms with E-state index in [1.165, 1.54) is 20.1 Å². The molecule has 1 aromatic rings. The average Bonchev–Trinajstić information content (AvgIpc) is 2.66. The average molecular weight is 338 g/mol. The van der Waals surface area contributed by atoms with Crippen LogP contribution in [0.2, 0.25) is 0 Å². The molecule has 1 aliphatic rings. The van der Waals surface area contributed by atoms with Crippen LogP contribution in [0.5, 0.6) is 5.75 Å². The maximum atomic E-state index is 14.6. The van der Waals surface area contributed by atoms with Gasteiger partial charge < -0.3 is 9.84 Å². The molecule has 1 atom stereocenters. The Kier molecular flexibility index (Phi) is 5.29. The summed E-state index contributed by atoms with van der Waals surface area (Å²) < 4.78 is 48.2. The van der Waals surface area contributed by atoms with Crippen molar-refractivity contribution in [3.63, 3.8) is 0 Å². The Hall–Kier alpha value is -2.34. The van der Waals surface area contributed by atoms with Crippen LogP contribution in [0, 0.1) is 17.6 Å². The maximum Gasteiger partial charge on any atom is 0.184 e. The Bertz CT molecular complexity index is 776. The van der Waals surface area contributed by atoms with Gasteiger partial charge in [0.15, 0.2) is 17.3 Å². The Balaban J connectivity index is 2.72. The largest absolute Gasteiger partial charge is 0.494 e. The lowest BCUT2D eigenvalue weighted by Gasteiger charge is -2.18. The number of hydrogen-bond donors (Lipinski definition) is 1. The molecule has 1 aromatic carbocycles. The fourth-order valence-electron chi connectivity index (χ4n) is 2.69. The molecule has 3 nitrogen and oxygen atoms in total. The van der Waals surface area contributed by atoms with Gasteiger partial charge in [0, 0.05) is 17.1 Å². The van der Waals surface area contributed by atoms with Crippen LogP contribution in [0.4, 0.5) is 13.2 Å². The zero-order valence-corrected chi connectivity index (χ0v) is 13.5. The van der Waals surface area contributed by atoms with Crippen molar-refractivity contribution in [2.75, 3.05) is 13.7 Å². The van der Waals surface area contributed by atoms with E-state index in [1.54, 1.807) is 6.92 Å². The molecule has 0 heterocycles. The van der Waals surface area contributed by atoms with E-state index < -0.39 is 41.3 Å². The minimum absolute atomic E-state index is 0.170. The number of rotatable bonds is 4. The van der Waals surface area contributed by atoms with E-state index in [2.05, 4.69) is 0 Å². The summed E-state index contributed by atoms with van der Waals surface area (Å²) in [4.78, 5) is 11.8. The van der Waals surface area contributed by atoms with Crippen LogP contribution in [0.1, 0.15) is 19.4 Å². The van der Waals surface area contributed by atoms with Gasteiger partial charge in [0.25, 0.3) is 0 Å². The Labute approximate surface area is 137 Å². The Morgan fingerprint density at radius 2 is 1.92 bits per heavy atom. The van der Waals surface area contributed by atoms with Crippen molar-refractivity contribution >= 4 is 11.4 Å². The molecule has 0 saturated carbocycles. The minimum atomic E-state index is -1.01. The van der Waals surface area contributed by atoms with Gasteiger partial charge in [-0.3, -0.25) is 4.79 Å². The van der Waals surface area contributed by atoms with Gasteiger partial charge in [-0.25, -0.2) is 13.2 Å². The normalized spacial score (nSPS) is 18.0. The number of ketones is 1. The van der Waals surface area contributed by atoms with Crippen molar-refractivity contribution < 1.29 is 27.8 Å². The van der Waals surface area contributed by atoms with Gasteiger partial charge in [0.05, 0.1) is 12.7 Å². The lowest BCUT2D eigenvalue weighted by Crippen LogP contribution is -2.15. The predicted octanol–water partition coefficient (Wildman–Crippen LogP) is 3.74. The topological polar surface area (TPSA) is 46.5 Å². The Morgan fingerprint density at radius 1 is 1.25 bits per heavy atom. The van der Waals surface area contributed by atoms with Gasteiger partial charge in [0.2, 0.25) is 0 Å². The minimum Gasteiger partial charge on any atom is -0.494 e. The standard InChI is InChI=1S/C18H17F3O3/c1-9-10(2)16(12(19)5-4-11(9)14(23)8-22)17-13(20)6-7-15(24-3)18(17)21/h4-7,9,22H,8H2,1-3H3. The van der Waals surface area contributed by atoms with Crippen LogP contribution in [0.25, 0.3) is 5.57 Å². The number of Topliss-reactive ketones (excluding diaryl/α,β-unsaturated/α-hetero) is 1. The zero-order chi connectivity index (χ0) is 18.0. The van der Waals surface area contributed by atoms with E-state index >= 15 is 0 Å². The van der Waals surface area contributed by atoms with E-state index in [0.29, 0.717) is 0 Å². The number of carbonyl (C=O) groups excluding carboxylic acids is 1. The fourth-order valence-corrected chi connectivity index (χ4v) is 2.69. The van der Waals surface area contributed by atoms with Crippen LogP contribution < -0.4 is 4.74 Å². The molecule has 0 fully saturated rings. The fraction of sp³-hybridized carbons (Fsp3) is 0.278. The first-order valence-corrected chi connectivity index (χ1v) is 7.28. The molecule has 1 aliphatic carbocycles. The van der Waals surface area contributed by atoms with Crippen molar-refractivity contribution in [2.45, 2.75) is 13.8 Å². The monoisotopic (exact) mass is 338 g/mol. The molecule has 2 rings (SSSR count). The first kappa shape index (κ1) is 18.0. The summed E-state index contributed by atoms with van der Waals surface area (Å²) in [6, 6.07) is 2.11. The summed E-state index contributed by atoms with van der Waals surface area (Å²) in [5, 5.41) is 9.03. The number of hydrogen-bond acceptors (Lipinski definition) is 3. The summed E-state index contributed by atoms with van der Waals surface area (Å²) in [6.07, 6.45) is 2.20. The summed E-state index contributed by atoms with van der Waals surface area (Å²) in [6.45, 7) is 2.38. The lowest BCUT2D eigenvalue weighted by atomic mass is 9.87. The number of aliphatic hydroxyl groups is 1. The highest BCUT2D eigenvalue weighted by Gasteiger charge is 2.28. The smallest absolute Gasteiger partial charge is 0.184 e. The van der Waals surface area contributed by atoms with Gasteiger partial charge in [-0.1, -0.05) is 18.6 Å². The second kappa shape index (κ2) is 7.05. The lowest BCUT2D eigenvalue weighted by molar-refractivity contribution is -0.118. The Morgan fingerprint density at radius 3 is 2.50 bits per heavy atom. The van der Waals surface area contributed by atoms with Crippen LogP contribution in [0.3, 0.4) is 0 Å². The molecule has 24 heavy (non-hydrogen) atoms. The highest BCUT2D eigenvalue weighted by atomic mass is 19.1. The van der Waals surface area contributed by atoms with Crippen LogP contribution >= 0.6 is 0 Å². The molecule has 0 saturated heterocycles. The summed E-state index contributed by atoms with van der Waals surface area (Å²) in [7, 11) is 1.23. The van der Waals surface area contributed by atoms with E-state index in [1.807, 2.05) is 0 Å². The van der Waals surface area contributed by atoms with E-state index in [9.17, 15) is 18.0 Å². The molecule has 0 aliphatic heterocycles. The third-order valence-corrected chi connectivity index (χ3v) is 4.15. The van der Waals surface area contributed by atoms with Crippen molar-refractivity contribution in [3.8, 4) is 5.75 Å². The first-order chi connectivity index (χ1) is 11.3. The number of allylic oxidation sites excluding steroid dienone is 5. The molecule has 6 heteroatoms. The number of ether oxygens (including phenoxy) is 1. The van der Waals surface area contributed by atoms with Gasteiger partial charge in [-0.05, 0) is 25.1 Å². The number of halogens is 3. The molecular weight excluding hydrogens is 321 g/mol. The quantitative estimate of drug-likeness (QED) is 0.910. The highest BCUT2D eigenvalue weighted by Crippen LogP contribution is 2.40. The zero-order valence-electron chi connectivity index (χ0n) is 13.5. The number of carbonyl (C=O) groups is 1. The predicted molar refractivity (Wildman–Crippen MR) is 84.0 cm³/mol. The van der Waals surface area contributed by atoms with E-state index in [0.717, 1.165) is 18.2 Å². The van der Waals surface area contributed by atoms with E-state index in [-0.39, 0.29) is 22.5 Å². The molecule has 0 aromatic heterocycles. The van der Waals surface area contributed by atoms with Crippen molar-refractivity contribution in [3.05, 3.63) is 58.5 Å². The van der Waals surface area contributed by atoms with Gasteiger partial charge in [-0.15, -0.1) is 0 Å². The van der Waals surface area contributed by atoms with Crippen molar-refractivity contribution in [1.29, 1.82) is 0 Å². The SMILES string of the molecule is COc1ccc(F)c(C2=C(C)C(C)C(C(=O)CO)=CC=C2F)c1F. The summed E-state index contributed by atoms with van der Waals surface area (Å²) in [5.74, 6) is -4.22. The van der Waals surface area contributed by atoms with E-state index in [4.69, 9.17) is 9.84 Å². The molecule has 0 bridgehead atoms. The first-order valence-electron chi connectivity index (χ1n) is 7.28. The van der Waals surface area contributed by atoms with Crippen molar-refractivity contribution in [1.82, 2.24) is 0 Å². The highest BCUT2D eigenvalue weighted by molar-refractivity contribution is 5.99. The third kappa shape index (κ3) is 3.01. The summed E-state index contributed by atoms with van der Waals surface area (Å²) >= 11 is 0. The van der Waals surface area contributed by atoms with Gasteiger partial charge in [-0.2, -0.15) is 0 Å². The number of methoxy groups -OCH3 is 1. The molecule has 1 N–H and O–H groups in total. The third-order valence-electron chi connectivity index (χ3n) is 4.15. The molecule has 128 valence electrons. The van der Waals surface area contributed by atoms with Crippen molar-refractivity contribution in [2.24, 2.45) is 5.92 Å². The second-order valence-corrected chi connectivity index (χ2v) is 5.44. The summed E-state index contributed by atoms with van der Waals surface area (Å²) in [5.41, 5.74) is -0.351. The van der Waals surface area contributed by atoms with Crippen LogP contribution in [0.15, 0.2) is 41.3 Å². The van der Waals surface area contributed by atoms with Crippen LogP contribution in [-0.4, -0.2) is 24.6 Å². The molecule has 0 spiro atoms. The molecule has 0 amide bonds. The molecule has 1 unspecified atom stereocenters. The molecular formula is C18H17F3O3. The van der Waals surface area contributed by atoms with Gasteiger partial charge >= 0.3 is 0 Å². The maximum absolute atomic E-state index is 14.6. The second-order valence-electron chi connectivity index (χ2n) is 5.44.